The summed E-state index contributed by atoms with van der Waals surface area (Å²) in [5.41, 5.74) is 0.0164. The summed E-state index contributed by atoms with van der Waals surface area (Å²) in [5, 5.41) is 19.0. The van der Waals surface area contributed by atoms with E-state index in [1.54, 1.807) is 0 Å². The Morgan fingerprint density at radius 3 is 2.74 bits per heavy atom. The molecule has 0 aliphatic rings. The molecule has 0 aliphatic carbocycles. The van der Waals surface area contributed by atoms with Gasteiger partial charge in [-0.1, -0.05) is 0 Å². The number of aryl methyl sites for hydroxylation is 1. The summed E-state index contributed by atoms with van der Waals surface area (Å²) in [6.07, 6.45) is 0.940. The van der Waals surface area contributed by atoms with Gasteiger partial charge in [-0.2, -0.15) is 0 Å². The van der Waals surface area contributed by atoms with Gasteiger partial charge in [-0.25, -0.2) is 4.39 Å². The fraction of sp³-hybridized carbons (Fsp3) is 0.417. The van der Waals surface area contributed by atoms with Crippen LogP contribution in [0.25, 0.3) is 0 Å². The lowest BCUT2D eigenvalue weighted by Crippen LogP contribution is -2.03. The van der Waals surface area contributed by atoms with Crippen LogP contribution in [-0.2, 0) is 4.79 Å². The summed E-state index contributed by atoms with van der Waals surface area (Å²) in [6, 6.07) is 2.09. The summed E-state index contributed by atoms with van der Waals surface area (Å²) < 4.78 is 18.6. The Labute approximate surface area is 109 Å². The Balaban J connectivity index is 2.57. The Hall–Kier alpha value is -2.18. The number of hydrogen-bond acceptors (Lipinski definition) is 4. The fourth-order valence-electron chi connectivity index (χ4n) is 1.51. The van der Waals surface area contributed by atoms with Crippen LogP contribution in [0, 0.1) is 22.9 Å². The van der Waals surface area contributed by atoms with Crippen molar-refractivity contribution in [2.75, 3.05) is 6.61 Å². The second-order valence-corrected chi connectivity index (χ2v) is 4.03. The van der Waals surface area contributed by atoms with E-state index in [1.165, 1.54) is 13.0 Å². The number of hydrogen-bond donors (Lipinski definition) is 1. The van der Waals surface area contributed by atoms with Crippen LogP contribution in [-0.4, -0.2) is 22.6 Å². The molecule has 0 saturated carbocycles. The summed E-state index contributed by atoms with van der Waals surface area (Å²) in [6.45, 7) is 1.66. The summed E-state index contributed by atoms with van der Waals surface area (Å²) in [4.78, 5) is 20.2. The van der Waals surface area contributed by atoms with Gasteiger partial charge in [0.25, 0.3) is 5.69 Å². The molecule has 0 fully saturated rings. The fourth-order valence-corrected chi connectivity index (χ4v) is 1.51. The van der Waals surface area contributed by atoms with Gasteiger partial charge >= 0.3 is 5.97 Å². The molecule has 1 rings (SSSR count). The van der Waals surface area contributed by atoms with Crippen LogP contribution in [0.5, 0.6) is 5.75 Å². The van der Waals surface area contributed by atoms with E-state index in [4.69, 9.17) is 9.84 Å². The predicted molar refractivity (Wildman–Crippen MR) is 64.8 cm³/mol. The number of carboxylic acids is 1. The van der Waals surface area contributed by atoms with Crippen molar-refractivity contribution < 1.29 is 24.0 Å². The molecule has 0 bridgehead atoms. The van der Waals surface area contributed by atoms with Crippen molar-refractivity contribution in [1.29, 1.82) is 0 Å². The first kappa shape index (κ1) is 14.9. The number of aliphatic carboxylic acids is 1. The smallest absolute Gasteiger partial charge is 0.303 e. The molecular formula is C12H14FNO5. The zero-order valence-corrected chi connectivity index (χ0v) is 10.4. The number of unbranched alkanes of at least 4 members (excludes halogenated alkanes) is 1. The van der Waals surface area contributed by atoms with E-state index in [0.717, 1.165) is 6.07 Å². The van der Waals surface area contributed by atoms with Crippen LogP contribution in [0.15, 0.2) is 12.1 Å². The van der Waals surface area contributed by atoms with Crippen LogP contribution < -0.4 is 4.74 Å². The minimum atomic E-state index is -0.891. The van der Waals surface area contributed by atoms with E-state index in [-0.39, 0.29) is 24.5 Å². The molecule has 0 saturated heterocycles. The average Bonchev–Trinajstić information content (AvgIpc) is 2.31. The largest absolute Gasteiger partial charge is 0.491 e. The maximum absolute atomic E-state index is 13.5. The zero-order chi connectivity index (χ0) is 14.4. The average molecular weight is 271 g/mol. The number of nitro groups is 1. The number of ether oxygens (including phenoxy) is 1. The first-order valence-corrected chi connectivity index (χ1v) is 5.71. The molecule has 0 spiro atoms. The van der Waals surface area contributed by atoms with Crippen LogP contribution in [0.2, 0.25) is 0 Å². The summed E-state index contributed by atoms with van der Waals surface area (Å²) >= 11 is 0. The zero-order valence-electron chi connectivity index (χ0n) is 10.4. The van der Waals surface area contributed by atoms with Crippen molar-refractivity contribution in [2.45, 2.75) is 26.2 Å². The molecule has 0 unspecified atom stereocenters. The van der Waals surface area contributed by atoms with Crippen molar-refractivity contribution in [3.8, 4) is 5.75 Å². The maximum atomic E-state index is 13.5. The van der Waals surface area contributed by atoms with Gasteiger partial charge in [0.1, 0.15) is 0 Å². The Morgan fingerprint density at radius 1 is 1.47 bits per heavy atom. The van der Waals surface area contributed by atoms with Crippen molar-refractivity contribution in [3.63, 3.8) is 0 Å². The summed E-state index contributed by atoms with van der Waals surface area (Å²) in [5.74, 6) is -1.74. The van der Waals surface area contributed by atoms with Gasteiger partial charge in [0, 0.05) is 12.0 Å². The molecule has 0 radical (unpaired) electrons. The molecule has 104 valence electrons. The molecular weight excluding hydrogens is 257 g/mol. The highest BCUT2D eigenvalue weighted by Gasteiger charge is 2.16. The van der Waals surface area contributed by atoms with Crippen molar-refractivity contribution in [2.24, 2.45) is 0 Å². The molecule has 1 aromatic carbocycles. The van der Waals surface area contributed by atoms with Gasteiger partial charge in [0.15, 0.2) is 11.6 Å². The van der Waals surface area contributed by atoms with Crippen molar-refractivity contribution in [3.05, 3.63) is 33.6 Å². The molecule has 0 heterocycles. The normalized spacial score (nSPS) is 10.2. The standard InChI is InChI=1S/C12H14FNO5/c1-8-6-11(9(13)7-10(8)14(17)18)19-5-3-2-4-12(15)16/h6-7H,2-5H2,1H3,(H,15,16). The van der Waals surface area contributed by atoms with Crippen LogP contribution >= 0.6 is 0 Å². The highest BCUT2D eigenvalue weighted by molar-refractivity contribution is 5.66. The van der Waals surface area contributed by atoms with E-state index < -0.39 is 16.7 Å². The van der Waals surface area contributed by atoms with Gasteiger partial charge in [0.05, 0.1) is 17.6 Å². The quantitative estimate of drug-likeness (QED) is 0.467. The highest BCUT2D eigenvalue weighted by Crippen LogP contribution is 2.27. The first-order valence-electron chi connectivity index (χ1n) is 5.71. The van der Waals surface area contributed by atoms with Gasteiger partial charge in [-0.05, 0) is 25.8 Å². The SMILES string of the molecule is Cc1cc(OCCCCC(=O)O)c(F)cc1[N+](=O)[O-]. The van der Waals surface area contributed by atoms with E-state index in [2.05, 4.69) is 0 Å². The number of halogens is 1. The monoisotopic (exact) mass is 271 g/mol. The number of carboxylic acid groups (broad SMARTS) is 1. The maximum Gasteiger partial charge on any atom is 0.303 e. The molecule has 6 nitrogen and oxygen atoms in total. The van der Waals surface area contributed by atoms with Crippen LogP contribution in [0.3, 0.4) is 0 Å². The van der Waals surface area contributed by atoms with Crippen molar-refractivity contribution in [1.82, 2.24) is 0 Å². The Kier molecular flexibility index (Phi) is 5.23. The molecule has 1 aromatic rings. The predicted octanol–water partition coefficient (Wildman–Crippen LogP) is 2.68. The molecule has 7 heteroatoms. The Morgan fingerprint density at radius 2 is 2.16 bits per heavy atom. The van der Waals surface area contributed by atoms with E-state index in [1.807, 2.05) is 0 Å². The minimum absolute atomic E-state index is 0.0329. The minimum Gasteiger partial charge on any atom is -0.491 e. The van der Waals surface area contributed by atoms with E-state index in [0.29, 0.717) is 18.4 Å². The molecule has 1 N–H and O–H groups in total. The third-order valence-corrected chi connectivity index (χ3v) is 2.49. The third-order valence-electron chi connectivity index (χ3n) is 2.49. The second-order valence-electron chi connectivity index (χ2n) is 4.03. The third kappa shape index (κ3) is 4.53. The topological polar surface area (TPSA) is 89.7 Å². The molecule has 0 amide bonds. The lowest BCUT2D eigenvalue weighted by molar-refractivity contribution is -0.385. The number of rotatable bonds is 7. The number of nitrogens with zero attached hydrogens (tertiary/aromatic N) is 1. The first-order chi connectivity index (χ1) is 8.91. The lowest BCUT2D eigenvalue weighted by Gasteiger charge is -2.08. The number of benzene rings is 1. The Bertz CT molecular complexity index is 489. The van der Waals surface area contributed by atoms with Gasteiger partial charge < -0.3 is 9.84 Å². The van der Waals surface area contributed by atoms with Gasteiger partial charge in [0.2, 0.25) is 0 Å². The molecule has 19 heavy (non-hydrogen) atoms. The lowest BCUT2D eigenvalue weighted by atomic mass is 10.2. The highest BCUT2D eigenvalue weighted by atomic mass is 19.1. The van der Waals surface area contributed by atoms with Crippen molar-refractivity contribution >= 4 is 11.7 Å². The molecule has 0 aromatic heterocycles. The number of carbonyl (C=O) groups is 1. The van der Waals surface area contributed by atoms with E-state index >= 15 is 0 Å². The van der Waals surface area contributed by atoms with Crippen LogP contribution in [0.1, 0.15) is 24.8 Å². The van der Waals surface area contributed by atoms with Gasteiger partial charge in [-0.3, -0.25) is 14.9 Å². The second kappa shape index (κ2) is 6.67. The molecule has 0 atom stereocenters. The molecule has 0 aliphatic heterocycles. The number of nitro benzene ring substituents is 1. The van der Waals surface area contributed by atoms with E-state index in [9.17, 15) is 19.3 Å². The van der Waals surface area contributed by atoms with Gasteiger partial charge in [-0.15, -0.1) is 0 Å². The van der Waals surface area contributed by atoms with Crippen LogP contribution in [0.4, 0.5) is 10.1 Å². The summed E-state index contributed by atoms with van der Waals surface area (Å²) in [7, 11) is 0.